The first kappa shape index (κ1) is 17.9. The van der Waals surface area contributed by atoms with E-state index in [0.717, 1.165) is 29.9 Å². The molecule has 4 nitrogen and oxygen atoms in total. The summed E-state index contributed by atoms with van der Waals surface area (Å²) in [5.41, 5.74) is 2.35. The lowest BCUT2D eigenvalue weighted by Gasteiger charge is -2.08. The Labute approximate surface area is 143 Å². The Morgan fingerprint density at radius 2 is 1.83 bits per heavy atom. The van der Waals surface area contributed by atoms with Crippen molar-refractivity contribution < 1.29 is 14.3 Å². The minimum atomic E-state index is -0.0943. The second-order valence-electron chi connectivity index (χ2n) is 5.64. The molecule has 2 aromatic rings. The van der Waals surface area contributed by atoms with Gasteiger partial charge in [-0.25, -0.2) is 0 Å². The summed E-state index contributed by atoms with van der Waals surface area (Å²) in [6.07, 6.45) is 1.82. The number of hydrogen-bond acceptors (Lipinski definition) is 3. The van der Waals surface area contributed by atoms with Crippen LogP contribution < -0.4 is 14.8 Å². The van der Waals surface area contributed by atoms with Crippen LogP contribution in [0.5, 0.6) is 11.5 Å². The smallest absolute Gasteiger partial charge is 0.257 e. The molecule has 0 saturated heterocycles. The van der Waals surface area contributed by atoms with E-state index < -0.39 is 0 Å². The normalized spacial score (nSPS) is 10.2. The summed E-state index contributed by atoms with van der Waals surface area (Å²) in [6.45, 7) is 5.33. The minimum absolute atomic E-state index is 0.0481. The van der Waals surface area contributed by atoms with E-state index in [9.17, 15) is 4.79 Å². The van der Waals surface area contributed by atoms with Gasteiger partial charge in [0.05, 0.1) is 6.61 Å². The molecular weight excluding hydrogens is 302 g/mol. The van der Waals surface area contributed by atoms with Gasteiger partial charge in [0, 0.05) is 6.54 Å². The predicted molar refractivity (Wildman–Crippen MR) is 95.6 cm³/mol. The first-order chi connectivity index (χ1) is 11.7. The zero-order valence-corrected chi connectivity index (χ0v) is 14.4. The molecule has 4 heteroatoms. The number of amides is 1. The van der Waals surface area contributed by atoms with Gasteiger partial charge in [0.2, 0.25) is 0 Å². The van der Waals surface area contributed by atoms with Crippen LogP contribution in [0.3, 0.4) is 0 Å². The van der Waals surface area contributed by atoms with Crippen molar-refractivity contribution in [2.45, 2.75) is 26.7 Å². The minimum Gasteiger partial charge on any atom is -0.494 e. The number of carbonyl (C=O) groups is 1. The van der Waals surface area contributed by atoms with Gasteiger partial charge < -0.3 is 14.8 Å². The number of benzene rings is 2. The molecule has 0 aliphatic carbocycles. The van der Waals surface area contributed by atoms with Crippen LogP contribution >= 0.6 is 0 Å². The lowest BCUT2D eigenvalue weighted by atomic mass is 10.1. The third kappa shape index (κ3) is 6.32. The molecule has 0 heterocycles. The fourth-order valence-corrected chi connectivity index (χ4v) is 2.34. The summed E-state index contributed by atoms with van der Waals surface area (Å²) in [5, 5.41) is 2.88. The van der Waals surface area contributed by atoms with Gasteiger partial charge in [0.25, 0.3) is 5.91 Å². The van der Waals surface area contributed by atoms with Crippen LogP contribution in [0.25, 0.3) is 0 Å². The van der Waals surface area contributed by atoms with Gasteiger partial charge in [0.1, 0.15) is 11.5 Å². The number of aryl methyl sites for hydroxylation is 2. The standard InChI is InChI=1S/C20H25NO3/c1-3-23-18-11-9-17(10-12-18)7-5-13-21-20(22)15-24-19-8-4-6-16(2)14-19/h4,6,8-12,14H,3,5,7,13,15H2,1-2H3,(H,21,22). The van der Waals surface area contributed by atoms with Gasteiger partial charge >= 0.3 is 0 Å². The van der Waals surface area contributed by atoms with Gasteiger partial charge in [0.15, 0.2) is 6.61 Å². The van der Waals surface area contributed by atoms with E-state index in [1.54, 1.807) is 0 Å². The van der Waals surface area contributed by atoms with Crippen LogP contribution in [0.15, 0.2) is 48.5 Å². The van der Waals surface area contributed by atoms with Gasteiger partial charge in [-0.2, -0.15) is 0 Å². The van der Waals surface area contributed by atoms with Crippen molar-refractivity contribution in [3.8, 4) is 11.5 Å². The first-order valence-corrected chi connectivity index (χ1v) is 8.35. The Kier molecular flexibility index (Phi) is 7.15. The molecule has 0 spiro atoms. The van der Waals surface area contributed by atoms with Crippen molar-refractivity contribution in [2.75, 3.05) is 19.8 Å². The summed E-state index contributed by atoms with van der Waals surface area (Å²) in [4.78, 5) is 11.8. The third-order valence-corrected chi connectivity index (χ3v) is 3.56. The van der Waals surface area contributed by atoms with Crippen LogP contribution in [0.1, 0.15) is 24.5 Å². The molecule has 0 aromatic heterocycles. The second-order valence-corrected chi connectivity index (χ2v) is 5.64. The number of carbonyl (C=O) groups excluding carboxylic acids is 1. The van der Waals surface area contributed by atoms with Crippen LogP contribution in [0.4, 0.5) is 0 Å². The van der Waals surface area contributed by atoms with Crippen LogP contribution in [-0.2, 0) is 11.2 Å². The number of rotatable bonds is 9. The highest BCUT2D eigenvalue weighted by Crippen LogP contribution is 2.13. The molecule has 2 rings (SSSR count). The van der Waals surface area contributed by atoms with Crippen molar-refractivity contribution in [3.05, 3.63) is 59.7 Å². The summed E-state index contributed by atoms with van der Waals surface area (Å²) in [7, 11) is 0. The fourth-order valence-electron chi connectivity index (χ4n) is 2.34. The molecule has 0 unspecified atom stereocenters. The zero-order valence-electron chi connectivity index (χ0n) is 14.4. The van der Waals surface area contributed by atoms with E-state index in [4.69, 9.17) is 9.47 Å². The maximum Gasteiger partial charge on any atom is 0.257 e. The van der Waals surface area contributed by atoms with Gasteiger partial charge in [-0.15, -0.1) is 0 Å². The highest BCUT2D eigenvalue weighted by atomic mass is 16.5. The Bertz CT molecular complexity index is 638. The fraction of sp³-hybridized carbons (Fsp3) is 0.350. The molecule has 2 aromatic carbocycles. The molecule has 24 heavy (non-hydrogen) atoms. The van der Waals surface area contributed by atoms with Gasteiger partial charge in [-0.3, -0.25) is 4.79 Å². The predicted octanol–water partition coefficient (Wildman–Crippen LogP) is 3.52. The number of hydrogen-bond donors (Lipinski definition) is 1. The summed E-state index contributed by atoms with van der Waals surface area (Å²) in [5.74, 6) is 1.52. The van der Waals surface area contributed by atoms with Crippen molar-refractivity contribution in [1.29, 1.82) is 0 Å². The monoisotopic (exact) mass is 327 g/mol. The maximum absolute atomic E-state index is 11.8. The molecule has 1 amide bonds. The number of ether oxygens (including phenoxy) is 2. The maximum atomic E-state index is 11.8. The van der Waals surface area contributed by atoms with Crippen LogP contribution in [0, 0.1) is 6.92 Å². The third-order valence-electron chi connectivity index (χ3n) is 3.56. The highest BCUT2D eigenvalue weighted by Gasteiger charge is 2.03. The van der Waals surface area contributed by atoms with E-state index in [1.165, 1.54) is 5.56 Å². The van der Waals surface area contributed by atoms with Crippen LogP contribution in [-0.4, -0.2) is 25.7 Å². The van der Waals surface area contributed by atoms with E-state index in [1.807, 2.05) is 50.2 Å². The van der Waals surface area contributed by atoms with Gasteiger partial charge in [-0.1, -0.05) is 24.3 Å². The Morgan fingerprint density at radius 1 is 1.04 bits per heavy atom. The largest absolute Gasteiger partial charge is 0.494 e. The summed E-state index contributed by atoms with van der Waals surface area (Å²) < 4.78 is 10.9. The molecule has 0 saturated carbocycles. The molecule has 0 aliphatic heterocycles. The second kappa shape index (κ2) is 9.60. The molecule has 128 valence electrons. The molecule has 0 fully saturated rings. The Morgan fingerprint density at radius 3 is 2.54 bits per heavy atom. The summed E-state index contributed by atoms with van der Waals surface area (Å²) >= 11 is 0. The van der Waals surface area contributed by atoms with Crippen molar-refractivity contribution in [3.63, 3.8) is 0 Å². The van der Waals surface area contributed by atoms with Crippen molar-refractivity contribution >= 4 is 5.91 Å². The van der Waals surface area contributed by atoms with E-state index in [2.05, 4.69) is 17.4 Å². The zero-order chi connectivity index (χ0) is 17.2. The quantitative estimate of drug-likeness (QED) is 0.717. The molecule has 0 aliphatic rings. The van der Waals surface area contributed by atoms with E-state index in [0.29, 0.717) is 13.2 Å². The van der Waals surface area contributed by atoms with Gasteiger partial charge in [-0.05, 0) is 62.1 Å². The Balaban J connectivity index is 1.62. The average Bonchev–Trinajstić information content (AvgIpc) is 2.59. The average molecular weight is 327 g/mol. The molecule has 1 N–H and O–H groups in total. The number of nitrogens with one attached hydrogen (secondary N) is 1. The molecule has 0 radical (unpaired) electrons. The SMILES string of the molecule is CCOc1ccc(CCCNC(=O)COc2cccc(C)c2)cc1. The topological polar surface area (TPSA) is 47.6 Å². The molecule has 0 atom stereocenters. The van der Waals surface area contributed by atoms with Crippen LogP contribution in [0.2, 0.25) is 0 Å². The highest BCUT2D eigenvalue weighted by molar-refractivity contribution is 5.77. The van der Waals surface area contributed by atoms with Crippen molar-refractivity contribution in [2.24, 2.45) is 0 Å². The lowest BCUT2D eigenvalue weighted by Crippen LogP contribution is -2.29. The molecular formula is C20H25NO3. The Hall–Kier alpha value is -2.49. The van der Waals surface area contributed by atoms with Crippen molar-refractivity contribution in [1.82, 2.24) is 5.32 Å². The lowest BCUT2D eigenvalue weighted by molar-refractivity contribution is -0.123. The molecule has 0 bridgehead atoms. The van der Waals surface area contributed by atoms with E-state index >= 15 is 0 Å². The first-order valence-electron chi connectivity index (χ1n) is 8.35. The summed E-state index contributed by atoms with van der Waals surface area (Å²) in [6, 6.07) is 15.8. The van der Waals surface area contributed by atoms with E-state index in [-0.39, 0.29) is 12.5 Å².